The van der Waals surface area contributed by atoms with Crippen LogP contribution in [0.4, 0.5) is 20.2 Å². The third kappa shape index (κ3) is 19.2. The predicted molar refractivity (Wildman–Crippen MR) is 528 cm³/mol. The Kier molecular flexibility index (Phi) is 25.9. The molecule has 0 aliphatic carbocycles. The smallest absolute Gasteiger partial charge is 0.330 e. The number of ketones is 1. The van der Waals surface area contributed by atoms with Crippen LogP contribution in [0, 0.1) is 0 Å². The molecule has 4 aromatic carbocycles. The van der Waals surface area contributed by atoms with Crippen LogP contribution in [-0.2, 0) is 133 Å². The summed E-state index contributed by atoms with van der Waals surface area (Å²) >= 11 is 7.41. The van der Waals surface area contributed by atoms with Crippen molar-refractivity contribution in [2.75, 3.05) is 29.4 Å². The fourth-order valence-electron chi connectivity index (χ4n) is 19.7. The summed E-state index contributed by atoms with van der Waals surface area (Å²) in [4.78, 5) is 181. The Labute approximate surface area is 809 Å². The quantitative estimate of drug-likeness (QED) is 0.0413. The number of carbonyl (C=O) groups is 2. The van der Waals surface area contributed by atoms with Crippen molar-refractivity contribution in [3.05, 3.63) is 326 Å². The number of H-pyrrole nitrogens is 4. The third-order valence-electron chi connectivity index (χ3n) is 26.6. The van der Waals surface area contributed by atoms with Crippen LogP contribution in [0.5, 0.6) is 0 Å². The van der Waals surface area contributed by atoms with Crippen LogP contribution >= 0.6 is 22.9 Å². The van der Waals surface area contributed by atoms with Gasteiger partial charge in [0.25, 0.3) is 28.2 Å². The van der Waals surface area contributed by atoms with Crippen LogP contribution in [0.25, 0.3) is 55.3 Å². The summed E-state index contributed by atoms with van der Waals surface area (Å²) in [6.45, 7) is 15.2. The number of aromatic amines is 4. The summed E-state index contributed by atoms with van der Waals surface area (Å²) in [7, 11) is 0. The molecule has 141 heavy (non-hydrogen) atoms. The maximum Gasteiger partial charge on any atom is 0.330 e. The number of Topliss-reactive ketones (excluding diaryl/α,β-unsaturated/α-hetero) is 1. The van der Waals surface area contributed by atoms with Gasteiger partial charge in [-0.05, 0) is 144 Å². The molecule has 0 saturated carbocycles. The lowest BCUT2D eigenvalue weighted by Crippen LogP contribution is -2.56. The van der Waals surface area contributed by atoms with E-state index in [4.69, 9.17) is 46.5 Å². The highest BCUT2D eigenvalue weighted by Crippen LogP contribution is 2.34. The number of alkyl halides is 2. The highest BCUT2D eigenvalue weighted by atomic mass is 35.5. The number of carbonyl (C=O) groups excluding carboxylic acids is 2. The van der Waals surface area contributed by atoms with Crippen molar-refractivity contribution in [2.24, 2.45) is 0 Å². The number of rotatable bonds is 25. The van der Waals surface area contributed by atoms with Crippen molar-refractivity contribution in [3.63, 3.8) is 0 Å². The van der Waals surface area contributed by atoms with Gasteiger partial charge in [0, 0.05) is 197 Å². The van der Waals surface area contributed by atoms with Crippen molar-refractivity contribution in [1.29, 1.82) is 0 Å². The topological polar surface area (TPSA) is 420 Å². The van der Waals surface area contributed by atoms with E-state index in [0.717, 1.165) is 180 Å². The second-order valence-electron chi connectivity index (χ2n) is 36.2. The molecule has 5 aliphatic heterocycles. The van der Waals surface area contributed by atoms with Crippen molar-refractivity contribution in [1.82, 2.24) is 124 Å². The Morgan fingerprint density at radius 1 is 0.404 bits per heavy atom. The maximum absolute atomic E-state index is 13.3. The molecular formula is C99H103ClF2N28O10S. The highest BCUT2D eigenvalue weighted by molar-refractivity contribution is 7.20. The zero-order valence-corrected chi connectivity index (χ0v) is 80.0. The Morgan fingerprint density at radius 3 is 1.09 bits per heavy atom. The van der Waals surface area contributed by atoms with Crippen molar-refractivity contribution in [2.45, 2.75) is 215 Å². The third-order valence-corrected chi connectivity index (χ3v) is 27.7. The van der Waals surface area contributed by atoms with Gasteiger partial charge in [-0.15, -0.1) is 0 Å². The van der Waals surface area contributed by atoms with E-state index >= 15 is 0 Å². The minimum atomic E-state index is -2.65. The number of aromatic nitrogens is 26. The average molecular weight is 1950 g/mol. The number of nitrogens with one attached hydrogen (secondary N) is 4. The number of fused-ring (bicyclic) bond motifs is 8. The number of aryl methyl sites for hydroxylation is 10. The van der Waals surface area contributed by atoms with Crippen LogP contribution < -0.4 is 54.8 Å². The first-order valence-electron chi connectivity index (χ1n) is 47.7. The molecule has 726 valence electrons. The summed E-state index contributed by atoms with van der Waals surface area (Å²) in [6, 6.07) is 31.1. The van der Waals surface area contributed by atoms with E-state index in [1.54, 1.807) is 47.2 Å². The fourth-order valence-corrected chi connectivity index (χ4v) is 20.7. The van der Waals surface area contributed by atoms with E-state index in [2.05, 4.69) is 62.2 Å². The number of benzene rings is 4. The first-order chi connectivity index (χ1) is 68.2. The van der Waals surface area contributed by atoms with Gasteiger partial charge >= 0.3 is 22.8 Å². The molecule has 1 amide bonds. The van der Waals surface area contributed by atoms with Crippen molar-refractivity contribution >= 4 is 95.6 Å². The monoisotopic (exact) mass is 1950 g/mol. The van der Waals surface area contributed by atoms with Crippen molar-refractivity contribution < 1.29 is 18.4 Å². The van der Waals surface area contributed by atoms with Gasteiger partial charge in [-0.1, -0.05) is 83.6 Å². The lowest BCUT2D eigenvalue weighted by molar-refractivity contribution is -0.117. The number of thiazole rings is 1. The minimum Gasteiger partial charge on any atom is -0.359 e. The standard InChI is InChI=1S/C26H29N7O3.C25H26N8O2.C25H28N6O3.C23H20ClF2N7O2S/c1-2-31-24-23(25(35)29-26(31)36)33(15-17-8-10-19(11-9-17)32-13-5-7-22(32)34)21(28-24)14-18-16-30-12-4-3-6-20(30)27-18;1-2-32-23-22(24(34)29-25(32)35)33(14-17-6-8-19(9-7-17)31-12-10-26-16-31)21(28-23)13-18-15-30-11-4-3-5-20(30)27-18;1-3-30-23-22(24(33)28-25(30)34)31(14-18-9-7-17(8-10-18)12-16(2)32)21(27-23)13-19-15-29-11-5-4-6-20(29)26-19;1-2-32-19-18(20(34)29-21(32)35)33(8-13-3-5-15(6-4-13)31-11-23(25,26)12-31)17(28-19)7-14-9-30-10-16(24)36-22(30)27-14/h8-11,16H,2-7,12-15H2,1H3,(H,29,35,36);6-10,12,15-16H,2-5,11,13-14H2,1H3,(H,29,34,35);7-10,15H,3-6,11-14H2,1-2H3,(H,28,33,34);3-6,9-10H,2,7-8,11-12H2,1H3,(H,29,34,35). The molecule has 23 rings (SSSR count). The van der Waals surface area contributed by atoms with E-state index in [0.29, 0.717) is 163 Å². The molecule has 2 fully saturated rings. The summed E-state index contributed by atoms with van der Waals surface area (Å²) < 4.78 is 50.9. The molecule has 5 aliphatic rings. The number of anilines is 2. The second-order valence-corrected chi connectivity index (χ2v) is 37.9. The summed E-state index contributed by atoms with van der Waals surface area (Å²) in [5, 5.41) is 0. The lowest BCUT2D eigenvalue weighted by atomic mass is 10.1. The van der Waals surface area contributed by atoms with E-state index < -0.39 is 50.9 Å². The lowest BCUT2D eigenvalue weighted by Gasteiger charge is -2.40. The van der Waals surface area contributed by atoms with Gasteiger partial charge in [-0.25, -0.2) is 72.8 Å². The van der Waals surface area contributed by atoms with Gasteiger partial charge in [0.1, 0.15) is 50.9 Å². The number of hydrogen-bond acceptors (Lipinski definition) is 21. The van der Waals surface area contributed by atoms with E-state index in [1.807, 2.05) is 153 Å². The Morgan fingerprint density at radius 2 is 0.759 bits per heavy atom. The van der Waals surface area contributed by atoms with Gasteiger partial charge in [0.05, 0.1) is 42.2 Å². The zero-order chi connectivity index (χ0) is 97.8. The molecule has 4 N–H and O–H groups in total. The van der Waals surface area contributed by atoms with Crippen molar-refractivity contribution in [3.8, 4) is 5.69 Å². The molecule has 42 heteroatoms. The summed E-state index contributed by atoms with van der Waals surface area (Å²) in [5.41, 5.74) is 10.2. The number of imidazole rings is 9. The molecular weight excluding hydrogens is 1850 g/mol. The molecule has 18 aromatic rings. The van der Waals surface area contributed by atoms with Crippen LogP contribution in [0.2, 0.25) is 4.34 Å². The Bertz CT molecular complexity index is 8240. The fraction of sp³-hybridized carbons (Fsp3) is 0.364. The second kappa shape index (κ2) is 39.1. The molecule has 2 saturated heterocycles. The van der Waals surface area contributed by atoms with Gasteiger partial charge in [-0.3, -0.25) is 71.4 Å². The Hall–Kier alpha value is -15.4. The number of halogens is 3. The normalized spacial score (nSPS) is 14.4. The van der Waals surface area contributed by atoms with Crippen LogP contribution in [0.3, 0.4) is 0 Å². The first kappa shape index (κ1) is 93.2. The first-order valence-corrected chi connectivity index (χ1v) is 48.9. The highest BCUT2D eigenvalue weighted by Gasteiger charge is 2.44. The number of nitrogens with zero attached hydrogens (tertiary/aromatic N) is 24. The van der Waals surface area contributed by atoms with Crippen LogP contribution in [0.1, 0.15) is 177 Å². The zero-order valence-electron chi connectivity index (χ0n) is 78.4. The molecule has 0 bridgehead atoms. The Balaban J connectivity index is 0.000000115. The molecule has 0 spiro atoms. The summed E-state index contributed by atoms with van der Waals surface area (Å²) in [6.07, 6.45) is 28.7. The number of amides is 1. The maximum atomic E-state index is 13.3. The van der Waals surface area contributed by atoms with Gasteiger partial charge < -0.3 is 46.3 Å². The van der Waals surface area contributed by atoms with E-state index in [1.165, 1.54) is 29.6 Å². The largest absolute Gasteiger partial charge is 0.359 e. The van der Waals surface area contributed by atoms with E-state index in [-0.39, 0.29) is 24.8 Å². The predicted octanol–water partition coefficient (Wildman–Crippen LogP) is 10.0. The average Bonchev–Trinajstić information content (AvgIpc) is 1.61. The molecule has 14 aromatic heterocycles. The minimum absolute atomic E-state index is 0.113. The number of hydrogen-bond donors (Lipinski definition) is 4. The van der Waals surface area contributed by atoms with Gasteiger partial charge in [0.15, 0.2) is 49.6 Å². The van der Waals surface area contributed by atoms with Gasteiger partial charge in [0.2, 0.25) is 5.91 Å². The molecule has 19 heterocycles. The van der Waals surface area contributed by atoms with Crippen LogP contribution in [-0.4, -0.2) is 161 Å². The molecule has 38 nitrogen and oxygen atoms in total. The summed E-state index contributed by atoms with van der Waals surface area (Å²) in [5.74, 6) is 3.58. The van der Waals surface area contributed by atoms with Gasteiger partial charge in [-0.2, -0.15) is 0 Å². The molecule has 0 atom stereocenters. The van der Waals surface area contributed by atoms with E-state index in [9.17, 15) is 56.7 Å². The van der Waals surface area contributed by atoms with Crippen LogP contribution in [0.15, 0.2) is 185 Å². The molecule has 0 unspecified atom stereocenters. The SMILES string of the molecule is CCn1c(=O)[nH]c(=O)c2c1nc(Cc1cn3c(n1)CCCC3)n2Cc1ccc(-n2ccnc2)cc1.CCn1c(=O)[nH]c(=O)c2c1nc(Cc1cn3c(n1)CCCC3)n2Cc1ccc(CC(C)=O)cc1.CCn1c(=O)[nH]c(=O)c2c1nc(Cc1cn3c(n1)CCCC3)n2Cc1ccc(N2CCCC2=O)cc1.CCn1c(=O)[nH]c(=O)c2c1nc(Cc1cn3cc(Cl)sc3n1)n2Cc1ccc(N2CC(F)(F)C2)cc1. The molecule has 0 radical (unpaired) electrons.